The molecule has 6 nitrogen and oxygen atoms in total. The lowest BCUT2D eigenvalue weighted by atomic mass is 9.78. The number of benzene rings is 2. The number of carbonyl (C=O) groups excluding carboxylic acids is 1. The minimum atomic E-state index is -1.27. The summed E-state index contributed by atoms with van der Waals surface area (Å²) in [7, 11) is 0. The molecule has 35 heavy (non-hydrogen) atoms. The molecule has 1 saturated carbocycles. The van der Waals surface area contributed by atoms with Crippen LogP contribution in [-0.2, 0) is 37.0 Å². The second-order valence-electron chi connectivity index (χ2n) is 10.0. The first kappa shape index (κ1) is 25.7. The van der Waals surface area contributed by atoms with E-state index in [0.717, 1.165) is 5.56 Å². The summed E-state index contributed by atoms with van der Waals surface area (Å²) in [6.07, 6.45) is -1.02. The fourth-order valence-electron chi connectivity index (χ4n) is 4.72. The Bertz CT molecular complexity index is 1030. The van der Waals surface area contributed by atoms with Gasteiger partial charge in [-0.2, -0.15) is 0 Å². The minimum Gasteiger partial charge on any atom is -0.370 e. The second kappa shape index (κ2) is 10.3. The van der Waals surface area contributed by atoms with Crippen molar-refractivity contribution in [3.8, 4) is 0 Å². The van der Waals surface area contributed by atoms with Crippen molar-refractivity contribution in [1.29, 1.82) is 0 Å². The van der Waals surface area contributed by atoms with Gasteiger partial charge in [0.1, 0.15) is 17.7 Å². The summed E-state index contributed by atoms with van der Waals surface area (Å²) in [6.45, 7) is 7.50. The molecule has 0 unspecified atom stereocenters. The molecule has 190 valence electrons. The lowest BCUT2D eigenvalue weighted by Crippen LogP contribution is -2.60. The third-order valence-corrected chi connectivity index (χ3v) is 6.32. The Balaban J connectivity index is 1.61. The average Bonchev–Trinajstić information content (AvgIpc) is 3.11. The maximum absolute atomic E-state index is 14.2. The average molecular weight is 490 g/mol. The van der Waals surface area contributed by atoms with Crippen LogP contribution >= 0.6 is 0 Å². The normalized spacial score (nSPS) is 27.6. The van der Waals surface area contributed by atoms with Crippen molar-refractivity contribution in [3.63, 3.8) is 0 Å². The smallest absolute Gasteiger partial charge is 0.252 e. The van der Waals surface area contributed by atoms with E-state index in [1.165, 1.54) is 18.2 Å². The molecule has 1 aliphatic carbocycles. The number of halogens is 2. The Morgan fingerprint density at radius 3 is 2.46 bits per heavy atom. The number of amides is 1. The molecule has 1 heterocycles. The van der Waals surface area contributed by atoms with E-state index in [4.69, 9.17) is 18.9 Å². The predicted molar refractivity (Wildman–Crippen MR) is 125 cm³/mol. The third kappa shape index (κ3) is 6.06. The number of hydrogen-bond donors (Lipinski definition) is 1. The Kier molecular flexibility index (Phi) is 7.57. The zero-order chi connectivity index (χ0) is 25.2. The van der Waals surface area contributed by atoms with Crippen LogP contribution in [0.2, 0.25) is 0 Å². The summed E-state index contributed by atoms with van der Waals surface area (Å²) < 4.78 is 52.4. The van der Waals surface area contributed by atoms with Crippen LogP contribution in [-0.4, -0.2) is 41.6 Å². The summed E-state index contributed by atoms with van der Waals surface area (Å²) in [5.41, 5.74) is -0.126. The van der Waals surface area contributed by atoms with Gasteiger partial charge in [-0.3, -0.25) is 4.79 Å². The van der Waals surface area contributed by atoms with E-state index in [9.17, 15) is 13.6 Å². The molecule has 1 amide bonds. The molecule has 2 aromatic rings. The van der Waals surface area contributed by atoms with E-state index in [1.807, 2.05) is 27.7 Å². The lowest BCUT2D eigenvalue weighted by molar-refractivity contribution is -0.184. The summed E-state index contributed by atoms with van der Waals surface area (Å²) >= 11 is 0. The largest absolute Gasteiger partial charge is 0.370 e. The van der Waals surface area contributed by atoms with Crippen molar-refractivity contribution in [2.24, 2.45) is 0 Å². The van der Waals surface area contributed by atoms with Crippen molar-refractivity contribution >= 4 is 5.91 Å². The zero-order valence-corrected chi connectivity index (χ0v) is 20.6. The molecule has 0 radical (unpaired) electrons. The molecule has 2 fully saturated rings. The SMILES string of the molecule is CC(C)NC(=O)[C@@]1(OCc2ccc(F)cc2)C[C@H](OCc2ccccc2F)[C@@H]2OC(C)(C)O[C@@H]2C1. The first-order valence-corrected chi connectivity index (χ1v) is 12.0. The minimum absolute atomic E-state index is 0.0180. The molecule has 1 N–H and O–H groups in total. The number of hydrogen-bond acceptors (Lipinski definition) is 5. The first-order valence-electron chi connectivity index (χ1n) is 12.0. The molecule has 8 heteroatoms. The van der Waals surface area contributed by atoms with Gasteiger partial charge >= 0.3 is 0 Å². The highest BCUT2D eigenvalue weighted by Gasteiger charge is 2.58. The molecular formula is C27H33F2NO5. The van der Waals surface area contributed by atoms with E-state index in [1.54, 1.807) is 30.3 Å². The van der Waals surface area contributed by atoms with Crippen LogP contribution in [0.4, 0.5) is 8.78 Å². The highest BCUT2D eigenvalue weighted by atomic mass is 19.1. The maximum Gasteiger partial charge on any atom is 0.252 e. The molecule has 4 rings (SSSR count). The monoisotopic (exact) mass is 489 g/mol. The van der Waals surface area contributed by atoms with Crippen LogP contribution in [0.3, 0.4) is 0 Å². The fourth-order valence-corrected chi connectivity index (χ4v) is 4.72. The molecule has 2 aliphatic rings. The van der Waals surface area contributed by atoms with Gasteiger partial charge in [-0.1, -0.05) is 30.3 Å². The molecule has 0 aromatic heterocycles. The van der Waals surface area contributed by atoms with E-state index in [2.05, 4.69) is 5.32 Å². The summed E-state index contributed by atoms with van der Waals surface area (Å²) in [6, 6.07) is 12.3. The van der Waals surface area contributed by atoms with Gasteiger partial charge in [-0.05, 0) is 51.5 Å². The van der Waals surface area contributed by atoms with Crippen molar-refractivity contribution in [3.05, 3.63) is 71.3 Å². The molecule has 2 aromatic carbocycles. The molecule has 4 atom stereocenters. The van der Waals surface area contributed by atoms with Gasteiger partial charge in [0.05, 0.1) is 25.4 Å². The number of rotatable bonds is 8. The van der Waals surface area contributed by atoms with Gasteiger partial charge in [-0.15, -0.1) is 0 Å². The van der Waals surface area contributed by atoms with E-state index in [-0.39, 0.29) is 49.6 Å². The van der Waals surface area contributed by atoms with Gasteiger partial charge < -0.3 is 24.3 Å². The van der Waals surface area contributed by atoms with Gasteiger partial charge in [0, 0.05) is 24.4 Å². The quantitative estimate of drug-likeness (QED) is 0.585. The highest BCUT2D eigenvalue weighted by molar-refractivity contribution is 5.85. The Morgan fingerprint density at radius 2 is 1.77 bits per heavy atom. The van der Waals surface area contributed by atoms with Gasteiger partial charge in [0.2, 0.25) is 0 Å². The maximum atomic E-state index is 14.2. The van der Waals surface area contributed by atoms with Crippen molar-refractivity contribution in [1.82, 2.24) is 5.32 Å². The molecular weight excluding hydrogens is 456 g/mol. The van der Waals surface area contributed by atoms with Crippen LogP contribution < -0.4 is 5.32 Å². The Hall–Kier alpha value is -2.39. The van der Waals surface area contributed by atoms with Gasteiger partial charge in [0.15, 0.2) is 11.4 Å². The molecule has 1 aliphatic heterocycles. The molecule has 0 spiro atoms. The summed E-state index contributed by atoms with van der Waals surface area (Å²) in [5, 5.41) is 2.97. The van der Waals surface area contributed by atoms with Crippen molar-refractivity contribution < 1.29 is 32.5 Å². The summed E-state index contributed by atoms with van der Waals surface area (Å²) in [4.78, 5) is 13.5. The number of ether oxygens (including phenoxy) is 4. The second-order valence-corrected chi connectivity index (χ2v) is 10.0. The van der Waals surface area contributed by atoms with E-state index in [0.29, 0.717) is 5.56 Å². The Labute approximate surface area is 204 Å². The predicted octanol–water partition coefficient (Wildman–Crippen LogP) is 4.64. The zero-order valence-electron chi connectivity index (χ0n) is 20.6. The lowest BCUT2D eigenvalue weighted by Gasteiger charge is -2.43. The third-order valence-electron chi connectivity index (χ3n) is 6.32. The van der Waals surface area contributed by atoms with Crippen molar-refractivity contribution in [2.45, 2.75) is 89.5 Å². The highest BCUT2D eigenvalue weighted by Crippen LogP contribution is 2.44. The van der Waals surface area contributed by atoms with E-state index >= 15 is 0 Å². The van der Waals surface area contributed by atoms with Crippen LogP contribution in [0.5, 0.6) is 0 Å². The molecule has 0 bridgehead atoms. The fraction of sp³-hybridized carbons (Fsp3) is 0.519. The van der Waals surface area contributed by atoms with Crippen LogP contribution in [0.15, 0.2) is 48.5 Å². The number of fused-ring (bicyclic) bond motifs is 1. The number of carbonyl (C=O) groups is 1. The topological polar surface area (TPSA) is 66.0 Å². The van der Waals surface area contributed by atoms with Crippen molar-refractivity contribution in [2.75, 3.05) is 0 Å². The Morgan fingerprint density at radius 1 is 1.06 bits per heavy atom. The first-order chi connectivity index (χ1) is 16.6. The molecule has 1 saturated heterocycles. The number of nitrogens with one attached hydrogen (secondary N) is 1. The van der Waals surface area contributed by atoms with Crippen LogP contribution in [0.1, 0.15) is 51.7 Å². The standard InChI is InChI=1S/C27H33F2NO5/c1-17(2)30-25(31)27(33-15-18-9-11-20(28)12-10-18)13-22(24-23(14-27)34-26(3,4)35-24)32-16-19-7-5-6-8-21(19)29/h5-12,17,22-24H,13-16H2,1-4H3,(H,30,31)/t22-,23+,24-,27+/m0/s1. The van der Waals surface area contributed by atoms with Gasteiger partial charge in [0.25, 0.3) is 5.91 Å². The van der Waals surface area contributed by atoms with Crippen LogP contribution in [0, 0.1) is 11.6 Å². The van der Waals surface area contributed by atoms with Crippen LogP contribution in [0.25, 0.3) is 0 Å². The summed E-state index contributed by atoms with van der Waals surface area (Å²) in [5.74, 6) is -1.85. The van der Waals surface area contributed by atoms with Gasteiger partial charge in [-0.25, -0.2) is 8.78 Å². The van der Waals surface area contributed by atoms with E-state index < -0.39 is 29.7 Å².